The number of nitrogens with one attached hydrogen (secondary N) is 2. The zero-order chi connectivity index (χ0) is 22.2. The first-order valence-corrected chi connectivity index (χ1v) is 12.0. The third kappa shape index (κ3) is 6.71. The first-order valence-electron chi connectivity index (χ1n) is 12.0. The summed E-state index contributed by atoms with van der Waals surface area (Å²) in [5, 5.41) is 7.06. The molecule has 2 aromatic rings. The Labute approximate surface area is 215 Å². The number of hydrogen-bond donors (Lipinski definition) is 2. The second-order valence-corrected chi connectivity index (χ2v) is 9.31. The van der Waals surface area contributed by atoms with Crippen LogP contribution in [-0.4, -0.2) is 50.0 Å². The molecule has 6 heteroatoms. The van der Waals surface area contributed by atoms with Crippen molar-refractivity contribution in [3.8, 4) is 0 Å². The Morgan fingerprint density at radius 3 is 2.36 bits per heavy atom. The molecular formula is C27H37IN4O. The summed E-state index contributed by atoms with van der Waals surface area (Å²) < 4.78 is 0. The highest BCUT2D eigenvalue weighted by molar-refractivity contribution is 14.0. The number of aliphatic imine (C=N–C) groups is 1. The molecule has 1 aliphatic heterocycles. The molecule has 1 unspecified atom stereocenters. The molecule has 0 aromatic heterocycles. The van der Waals surface area contributed by atoms with Crippen molar-refractivity contribution in [3.05, 3.63) is 71.8 Å². The summed E-state index contributed by atoms with van der Waals surface area (Å²) in [6, 6.07) is 21.3. The van der Waals surface area contributed by atoms with Gasteiger partial charge in [-0.3, -0.25) is 9.79 Å². The van der Waals surface area contributed by atoms with Crippen LogP contribution in [0.1, 0.15) is 43.2 Å². The minimum atomic E-state index is 0. The van der Waals surface area contributed by atoms with Crippen molar-refractivity contribution in [1.82, 2.24) is 15.5 Å². The summed E-state index contributed by atoms with van der Waals surface area (Å²) >= 11 is 0. The molecule has 2 fully saturated rings. The summed E-state index contributed by atoms with van der Waals surface area (Å²) in [5.41, 5.74) is 2.90. The van der Waals surface area contributed by atoms with Crippen molar-refractivity contribution in [2.24, 2.45) is 10.9 Å². The van der Waals surface area contributed by atoms with Gasteiger partial charge in [0.05, 0.1) is 0 Å². The van der Waals surface area contributed by atoms with E-state index in [0.29, 0.717) is 12.3 Å². The van der Waals surface area contributed by atoms with Crippen LogP contribution < -0.4 is 10.6 Å². The summed E-state index contributed by atoms with van der Waals surface area (Å²) in [7, 11) is 1.82. The topological polar surface area (TPSA) is 56.7 Å². The molecule has 178 valence electrons. The first-order chi connectivity index (χ1) is 15.7. The van der Waals surface area contributed by atoms with E-state index in [1.807, 2.05) is 18.0 Å². The van der Waals surface area contributed by atoms with Crippen LogP contribution in [0, 0.1) is 5.92 Å². The third-order valence-corrected chi connectivity index (χ3v) is 7.13. The van der Waals surface area contributed by atoms with Crippen molar-refractivity contribution < 1.29 is 4.79 Å². The van der Waals surface area contributed by atoms with Gasteiger partial charge in [-0.15, -0.1) is 24.0 Å². The molecule has 4 rings (SSSR count). The number of likely N-dealkylation sites (tertiary alicyclic amines) is 1. The summed E-state index contributed by atoms with van der Waals surface area (Å²) in [4.78, 5) is 18.9. The van der Waals surface area contributed by atoms with Crippen LogP contribution >= 0.6 is 24.0 Å². The van der Waals surface area contributed by atoms with Crippen LogP contribution in [0.25, 0.3) is 0 Å². The van der Waals surface area contributed by atoms with Gasteiger partial charge in [-0.1, -0.05) is 73.5 Å². The normalized spacial score (nSPS) is 19.9. The second kappa shape index (κ2) is 12.4. The van der Waals surface area contributed by atoms with Crippen LogP contribution in [0.5, 0.6) is 0 Å². The number of guanidine groups is 1. The molecule has 5 nitrogen and oxygen atoms in total. The van der Waals surface area contributed by atoms with Crippen molar-refractivity contribution in [1.29, 1.82) is 0 Å². The maximum absolute atomic E-state index is 12.5. The lowest BCUT2D eigenvalue weighted by Gasteiger charge is -2.31. The number of halogens is 1. The smallest absolute Gasteiger partial charge is 0.223 e. The quantitative estimate of drug-likeness (QED) is 0.287. The lowest BCUT2D eigenvalue weighted by Crippen LogP contribution is -2.46. The number of hydrogen-bond acceptors (Lipinski definition) is 2. The van der Waals surface area contributed by atoms with Crippen molar-refractivity contribution in [2.45, 2.75) is 43.9 Å². The van der Waals surface area contributed by atoms with Crippen molar-refractivity contribution in [2.75, 3.05) is 33.2 Å². The monoisotopic (exact) mass is 560 g/mol. The molecule has 2 aromatic carbocycles. The molecular weight excluding hydrogens is 523 g/mol. The van der Waals surface area contributed by atoms with Gasteiger partial charge >= 0.3 is 0 Å². The van der Waals surface area contributed by atoms with Crippen LogP contribution in [0.3, 0.4) is 0 Å². The van der Waals surface area contributed by atoms with Gasteiger partial charge in [0.15, 0.2) is 5.96 Å². The molecule has 1 saturated carbocycles. The highest BCUT2D eigenvalue weighted by Gasteiger charge is 2.35. The molecule has 0 bridgehead atoms. The number of carbonyl (C=O) groups excluding carboxylic acids is 1. The molecule has 1 heterocycles. The minimum absolute atomic E-state index is 0. The van der Waals surface area contributed by atoms with Gasteiger partial charge < -0.3 is 15.5 Å². The van der Waals surface area contributed by atoms with E-state index >= 15 is 0 Å². The molecule has 1 atom stereocenters. The lowest BCUT2D eigenvalue weighted by atomic mass is 9.79. The van der Waals surface area contributed by atoms with E-state index < -0.39 is 0 Å². The predicted molar refractivity (Wildman–Crippen MR) is 146 cm³/mol. The Hall–Kier alpha value is -2.09. The van der Waals surface area contributed by atoms with Crippen LogP contribution in [0.4, 0.5) is 0 Å². The first kappa shape index (κ1) is 25.5. The average molecular weight is 561 g/mol. The van der Waals surface area contributed by atoms with Gasteiger partial charge in [-0.05, 0) is 30.4 Å². The van der Waals surface area contributed by atoms with E-state index in [1.165, 1.54) is 36.8 Å². The third-order valence-electron chi connectivity index (χ3n) is 7.13. The summed E-state index contributed by atoms with van der Waals surface area (Å²) in [6.45, 7) is 3.28. The highest BCUT2D eigenvalue weighted by atomic mass is 127. The highest BCUT2D eigenvalue weighted by Crippen LogP contribution is 2.40. The van der Waals surface area contributed by atoms with E-state index in [4.69, 9.17) is 0 Å². The van der Waals surface area contributed by atoms with Crippen molar-refractivity contribution >= 4 is 35.8 Å². The fourth-order valence-corrected chi connectivity index (χ4v) is 5.24. The average Bonchev–Trinajstić information content (AvgIpc) is 3.46. The molecule has 1 amide bonds. The second-order valence-electron chi connectivity index (χ2n) is 9.31. The fourth-order valence-electron chi connectivity index (χ4n) is 5.24. The van der Waals surface area contributed by atoms with Gasteiger partial charge in [0.1, 0.15) is 0 Å². The standard InChI is InChI=1S/C27H36N4O.HI/c1-28-26(30-21-27(15-8-9-16-27)24-12-6-3-7-13-24)29-19-23-18-25(32)31(20-23)17-14-22-10-4-2-5-11-22;/h2-7,10-13,23H,8-9,14-21H2,1H3,(H2,28,29,30);1H. The van der Waals surface area contributed by atoms with Crippen LogP contribution in [0.2, 0.25) is 0 Å². The molecule has 1 saturated heterocycles. The van der Waals surface area contributed by atoms with E-state index in [0.717, 1.165) is 38.6 Å². The minimum Gasteiger partial charge on any atom is -0.356 e. The largest absolute Gasteiger partial charge is 0.356 e. The molecule has 1 aliphatic carbocycles. The number of rotatable bonds is 8. The Morgan fingerprint density at radius 1 is 1.03 bits per heavy atom. The number of nitrogens with zero attached hydrogens (tertiary/aromatic N) is 2. The molecule has 0 radical (unpaired) electrons. The van der Waals surface area contributed by atoms with Gasteiger partial charge in [-0.25, -0.2) is 0 Å². The van der Waals surface area contributed by atoms with Gasteiger partial charge in [0.25, 0.3) is 0 Å². The fraction of sp³-hybridized carbons (Fsp3) is 0.481. The van der Waals surface area contributed by atoms with E-state index in [9.17, 15) is 4.79 Å². The van der Waals surface area contributed by atoms with E-state index in [2.05, 4.69) is 70.2 Å². The molecule has 2 N–H and O–H groups in total. The Kier molecular flexibility index (Phi) is 9.59. The van der Waals surface area contributed by atoms with E-state index in [-0.39, 0.29) is 35.3 Å². The van der Waals surface area contributed by atoms with E-state index in [1.54, 1.807) is 0 Å². The maximum Gasteiger partial charge on any atom is 0.223 e. The zero-order valence-electron chi connectivity index (χ0n) is 19.6. The number of carbonyl (C=O) groups is 1. The predicted octanol–water partition coefficient (Wildman–Crippen LogP) is 4.37. The van der Waals surface area contributed by atoms with Crippen LogP contribution in [0.15, 0.2) is 65.7 Å². The van der Waals surface area contributed by atoms with Crippen molar-refractivity contribution in [3.63, 3.8) is 0 Å². The number of amides is 1. The number of benzene rings is 2. The Balaban J connectivity index is 0.00000306. The van der Waals surface area contributed by atoms with Gasteiger partial charge in [0, 0.05) is 51.0 Å². The summed E-state index contributed by atoms with van der Waals surface area (Å²) in [6.07, 6.45) is 6.53. The van der Waals surface area contributed by atoms with Gasteiger partial charge in [-0.2, -0.15) is 0 Å². The molecule has 0 spiro atoms. The maximum atomic E-state index is 12.5. The SMILES string of the molecule is CN=C(NCC1CC(=O)N(CCc2ccccc2)C1)NCC1(c2ccccc2)CCCC1.I. The summed E-state index contributed by atoms with van der Waals surface area (Å²) in [5.74, 6) is 1.43. The zero-order valence-corrected chi connectivity index (χ0v) is 22.0. The van der Waals surface area contributed by atoms with Gasteiger partial charge in [0.2, 0.25) is 5.91 Å². The van der Waals surface area contributed by atoms with Crippen LogP contribution in [-0.2, 0) is 16.6 Å². The lowest BCUT2D eigenvalue weighted by molar-refractivity contribution is -0.127. The molecule has 33 heavy (non-hydrogen) atoms. The molecule has 2 aliphatic rings. The Morgan fingerprint density at radius 2 is 1.70 bits per heavy atom. The Bertz CT molecular complexity index is 897.